The van der Waals surface area contributed by atoms with Gasteiger partial charge >= 0.3 is 0 Å². The average Bonchev–Trinajstić information content (AvgIpc) is 3.35. The number of piperidine rings is 1. The number of benzene rings is 3. The second kappa shape index (κ2) is 10.1. The molecule has 1 aliphatic heterocycles. The first-order chi connectivity index (χ1) is 17.5. The maximum absolute atomic E-state index is 14.5. The Hall–Kier alpha value is -4.33. The summed E-state index contributed by atoms with van der Waals surface area (Å²) in [5.41, 5.74) is 2.64. The van der Waals surface area contributed by atoms with Crippen LogP contribution in [0.15, 0.2) is 84.9 Å². The minimum absolute atomic E-state index is 0.0615. The van der Waals surface area contributed by atoms with E-state index >= 15 is 0 Å². The van der Waals surface area contributed by atoms with Gasteiger partial charge in [-0.3, -0.25) is 14.9 Å². The number of rotatable bonds is 6. The van der Waals surface area contributed by atoms with Gasteiger partial charge in [0, 0.05) is 30.8 Å². The van der Waals surface area contributed by atoms with Crippen LogP contribution >= 0.6 is 0 Å². The van der Waals surface area contributed by atoms with Gasteiger partial charge in [0.1, 0.15) is 11.5 Å². The van der Waals surface area contributed by atoms with Crippen molar-refractivity contribution in [1.82, 2.24) is 14.7 Å². The maximum Gasteiger partial charge on any atom is 0.272 e. The molecule has 4 aromatic rings. The van der Waals surface area contributed by atoms with E-state index in [2.05, 4.69) is 17.2 Å². The van der Waals surface area contributed by atoms with E-state index in [4.69, 9.17) is 0 Å². The molecule has 5 rings (SSSR count). The molecule has 0 radical (unpaired) electrons. The molecule has 36 heavy (non-hydrogen) atoms. The van der Waals surface area contributed by atoms with Crippen LogP contribution in [0.1, 0.15) is 28.9 Å². The van der Waals surface area contributed by atoms with Gasteiger partial charge in [-0.2, -0.15) is 5.10 Å². The van der Waals surface area contributed by atoms with Crippen molar-refractivity contribution in [2.24, 2.45) is 5.92 Å². The summed E-state index contributed by atoms with van der Waals surface area (Å²) in [6.45, 7) is 1.24. The second-order valence-corrected chi connectivity index (χ2v) is 9.01. The summed E-state index contributed by atoms with van der Waals surface area (Å²) in [6, 6.07) is 24.0. The zero-order chi connectivity index (χ0) is 25.1. The number of halogens is 1. The van der Waals surface area contributed by atoms with Gasteiger partial charge in [0.15, 0.2) is 0 Å². The molecule has 0 N–H and O–H groups in total. The molecule has 8 heteroatoms. The topological polar surface area (TPSA) is 81.3 Å². The van der Waals surface area contributed by atoms with Crippen molar-refractivity contribution in [2.75, 3.05) is 13.1 Å². The van der Waals surface area contributed by atoms with E-state index in [1.54, 1.807) is 36.4 Å². The number of non-ortho nitro benzene ring substituents is 1. The van der Waals surface area contributed by atoms with Crippen molar-refractivity contribution in [3.05, 3.63) is 112 Å². The number of aromatic nitrogens is 2. The highest BCUT2D eigenvalue weighted by atomic mass is 19.1. The Morgan fingerprint density at radius 3 is 2.31 bits per heavy atom. The van der Waals surface area contributed by atoms with E-state index < -0.39 is 10.7 Å². The third kappa shape index (κ3) is 4.88. The van der Waals surface area contributed by atoms with Crippen molar-refractivity contribution in [2.45, 2.75) is 19.3 Å². The monoisotopic (exact) mass is 484 g/mol. The lowest BCUT2D eigenvalue weighted by molar-refractivity contribution is -0.384. The van der Waals surface area contributed by atoms with Crippen molar-refractivity contribution < 1.29 is 14.1 Å². The first-order valence-corrected chi connectivity index (χ1v) is 11.9. The van der Waals surface area contributed by atoms with E-state index in [1.807, 2.05) is 23.1 Å². The van der Waals surface area contributed by atoms with Gasteiger partial charge < -0.3 is 4.90 Å². The highest BCUT2D eigenvalue weighted by molar-refractivity contribution is 5.94. The molecule has 0 atom stereocenters. The summed E-state index contributed by atoms with van der Waals surface area (Å²) >= 11 is 0. The molecule has 2 heterocycles. The van der Waals surface area contributed by atoms with Crippen LogP contribution in [0, 0.1) is 21.8 Å². The summed E-state index contributed by atoms with van der Waals surface area (Å²) < 4.78 is 16.0. The minimum Gasteiger partial charge on any atom is -0.337 e. The molecular formula is C28H25FN4O3. The maximum atomic E-state index is 14.5. The van der Waals surface area contributed by atoms with Gasteiger partial charge in [0.05, 0.1) is 16.3 Å². The molecule has 0 spiro atoms. The highest BCUT2D eigenvalue weighted by Crippen LogP contribution is 2.28. The molecule has 0 unspecified atom stereocenters. The van der Waals surface area contributed by atoms with Crippen LogP contribution in [-0.2, 0) is 6.42 Å². The van der Waals surface area contributed by atoms with Gasteiger partial charge in [-0.25, -0.2) is 9.07 Å². The smallest absolute Gasteiger partial charge is 0.272 e. The summed E-state index contributed by atoms with van der Waals surface area (Å²) in [5.74, 6) is -0.127. The Morgan fingerprint density at radius 1 is 0.972 bits per heavy atom. The Balaban J connectivity index is 1.41. The van der Waals surface area contributed by atoms with E-state index in [9.17, 15) is 19.3 Å². The van der Waals surface area contributed by atoms with Crippen LogP contribution in [0.3, 0.4) is 0 Å². The summed E-state index contributed by atoms with van der Waals surface area (Å²) in [6.07, 6.45) is 2.78. The number of nitro groups is 1. The van der Waals surface area contributed by atoms with Crippen LogP contribution < -0.4 is 0 Å². The van der Waals surface area contributed by atoms with Gasteiger partial charge in [0.25, 0.3) is 11.6 Å². The zero-order valence-corrected chi connectivity index (χ0v) is 19.6. The van der Waals surface area contributed by atoms with Gasteiger partial charge in [-0.05, 0) is 61.1 Å². The lowest BCUT2D eigenvalue weighted by atomic mass is 9.90. The lowest BCUT2D eigenvalue weighted by Crippen LogP contribution is -2.39. The van der Waals surface area contributed by atoms with Crippen molar-refractivity contribution in [3.63, 3.8) is 0 Å². The SMILES string of the molecule is O=C(c1cc(-c2ccccc2F)nn1-c1ccc([N+](=O)[O-])cc1)N1CCC(Cc2ccccc2)CC1. The highest BCUT2D eigenvalue weighted by Gasteiger charge is 2.28. The number of carbonyl (C=O) groups excluding carboxylic acids is 1. The van der Waals surface area contributed by atoms with Crippen molar-refractivity contribution >= 4 is 11.6 Å². The quantitative estimate of drug-likeness (QED) is 0.260. The lowest BCUT2D eigenvalue weighted by Gasteiger charge is -2.32. The fourth-order valence-electron chi connectivity index (χ4n) is 4.70. The van der Waals surface area contributed by atoms with E-state index in [1.165, 1.54) is 28.4 Å². The van der Waals surface area contributed by atoms with Crippen LogP contribution in [0.4, 0.5) is 10.1 Å². The third-order valence-electron chi connectivity index (χ3n) is 6.65. The van der Waals surface area contributed by atoms with Crippen molar-refractivity contribution in [1.29, 1.82) is 0 Å². The number of likely N-dealkylation sites (tertiary alicyclic amines) is 1. The molecule has 1 aliphatic rings. The summed E-state index contributed by atoms with van der Waals surface area (Å²) in [5, 5.41) is 15.6. The molecule has 1 fully saturated rings. The van der Waals surface area contributed by atoms with E-state index in [0.717, 1.165) is 19.3 Å². The normalized spacial score (nSPS) is 14.1. The van der Waals surface area contributed by atoms with Crippen LogP contribution in [-0.4, -0.2) is 38.6 Å². The Labute approximate surface area is 207 Å². The summed E-state index contributed by atoms with van der Waals surface area (Å²) in [4.78, 5) is 26.0. The molecule has 0 bridgehead atoms. The van der Waals surface area contributed by atoms with E-state index in [0.29, 0.717) is 36.1 Å². The molecule has 182 valence electrons. The van der Waals surface area contributed by atoms with Gasteiger partial charge in [-0.1, -0.05) is 42.5 Å². The fourth-order valence-corrected chi connectivity index (χ4v) is 4.70. The fraction of sp³-hybridized carbons (Fsp3) is 0.214. The molecule has 1 saturated heterocycles. The van der Waals surface area contributed by atoms with Crippen LogP contribution in [0.25, 0.3) is 16.9 Å². The average molecular weight is 485 g/mol. The molecule has 3 aromatic carbocycles. The van der Waals surface area contributed by atoms with Crippen LogP contribution in [0.5, 0.6) is 0 Å². The Kier molecular flexibility index (Phi) is 6.58. The standard InChI is InChI=1S/C28H25FN4O3/c29-25-9-5-4-8-24(25)26-19-27(32(30-26)22-10-12-23(13-11-22)33(35)36)28(34)31-16-14-21(15-17-31)18-20-6-2-1-3-7-20/h1-13,19,21H,14-18H2. The van der Waals surface area contributed by atoms with Crippen molar-refractivity contribution in [3.8, 4) is 16.9 Å². The second-order valence-electron chi connectivity index (χ2n) is 9.01. The Morgan fingerprint density at radius 2 is 1.64 bits per heavy atom. The predicted octanol–water partition coefficient (Wildman–Crippen LogP) is 5.68. The Bertz CT molecular complexity index is 1380. The molecule has 0 aliphatic carbocycles. The molecule has 7 nitrogen and oxygen atoms in total. The minimum atomic E-state index is -0.483. The number of carbonyl (C=O) groups is 1. The predicted molar refractivity (Wildman–Crippen MR) is 134 cm³/mol. The molecule has 1 amide bonds. The zero-order valence-electron chi connectivity index (χ0n) is 19.6. The number of amides is 1. The van der Waals surface area contributed by atoms with Crippen LogP contribution in [0.2, 0.25) is 0 Å². The summed E-state index contributed by atoms with van der Waals surface area (Å²) in [7, 11) is 0. The molecular weight excluding hydrogens is 459 g/mol. The molecule has 1 aromatic heterocycles. The number of nitro benzene ring substituents is 1. The van der Waals surface area contributed by atoms with Gasteiger partial charge in [0.2, 0.25) is 0 Å². The third-order valence-corrected chi connectivity index (χ3v) is 6.65. The first-order valence-electron chi connectivity index (χ1n) is 11.9. The largest absolute Gasteiger partial charge is 0.337 e. The molecule has 0 saturated carbocycles. The van der Waals surface area contributed by atoms with E-state index in [-0.39, 0.29) is 17.2 Å². The first kappa shape index (κ1) is 23.4. The van der Waals surface area contributed by atoms with Gasteiger partial charge in [-0.15, -0.1) is 0 Å². The number of hydrogen-bond donors (Lipinski definition) is 0. The number of hydrogen-bond acceptors (Lipinski definition) is 4. The number of nitrogens with zero attached hydrogens (tertiary/aromatic N) is 4.